The fourth-order valence-electron chi connectivity index (χ4n) is 4.87. The van der Waals surface area contributed by atoms with Crippen molar-refractivity contribution >= 4 is 17.9 Å². The Morgan fingerprint density at radius 3 is 1.93 bits per heavy atom. The summed E-state index contributed by atoms with van der Waals surface area (Å²) in [5.41, 5.74) is -0.476. The minimum atomic E-state index is -8.98. The first-order valence-electron chi connectivity index (χ1n) is 10.8. The fourth-order valence-corrected chi connectivity index (χ4v) is 7.34. The SMILES string of the molecule is CCCC1CCC(c2ccc([P-](F)(F)(F)(F)C(c3ccccc3)=[N+](C)C)cc2)CC1. The van der Waals surface area contributed by atoms with Crippen molar-refractivity contribution in [1.82, 2.24) is 0 Å². The van der Waals surface area contributed by atoms with Gasteiger partial charge in [-0.3, -0.25) is 0 Å². The summed E-state index contributed by atoms with van der Waals surface area (Å²) < 4.78 is 63.1. The summed E-state index contributed by atoms with van der Waals surface area (Å²) in [6, 6.07) is 12.1. The molecule has 0 amide bonds. The average Bonchev–Trinajstić information content (AvgIpc) is 2.68. The van der Waals surface area contributed by atoms with Gasteiger partial charge in [0.15, 0.2) is 0 Å². The molecular formula is C24H32F4NP. The van der Waals surface area contributed by atoms with Crippen LogP contribution in [-0.2, 0) is 0 Å². The second-order valence-corrected chi connectivity index (χ2v) is 12.1. The zero-order valence-electron chi connectivity index (χ0n) is 18.0. The Bertz CT molecular complexity index is 904. The van der Waals surface area contributed by atoms with Crippen molar-refractivity contribution in [2.24, 2.45) is 5.92 Å². The second-order valence-electron chi connectivity index (χ2n) is 8.85. The second kappa shape index (κ2) is 7.75. The van der Waals surface area contributed by atoms with Gasteiger partial charge in [0, 0.05) is 0 Å². The molecule has 2 aromatic rings. The van der Waals surface area contributed by atoms with Crippen molar-refractivity contribution in [2.45, 2.75) is 51.4 Å². The van der Waals surface area contributed by atoms with Crippen molar-refractivity contribution in [1.29, 1.82) is 0 Å². The summed E-state index contributed by atoms with van der Waals surface area (Å²) in [6.45, 7) is 2.18. The maximum atomic E-state index is 15.6. The molecule has 1 fully saturated rings. The molecule has 30 heavy (non-hydrogen) atoms. The molecule has 0 saturated heterocycles. The third-order valence-corrected chi connectivity index (χ3v) is 9.16. The first-order chi connectivity index (χ1) is 14.0. The third-order valence-electron chi connectivity index (χ3n) is 6.31. The van der Waals surface area contributed by atoms with Gasteiger partial charge in [0.25, 0.3) is 0 Å². The topological polar surface area (TPSA) is 3.01 Å². The van der Waals surface area contributed by atoms with Crippen LogP contribution in [0.4, 0.5) is 16.8 Å². The molecule has 6 heteroatoms. The number of nitrogens with zero attached hydrogens (tertiary/aromatic N) is 1. The minimum absolute atomic E-state index is 0.161. The molecule has 0 atom stereocenters. The van der Waals surface area contributed by atoms with Gasteiger partial charge in [0.05, 0.1) is 0 Å². The van der Waals surface area contributed by atoms with Crippen LogP contribution in [0.1, 0.15) is 62.5 Å². The summed E-state index contributed by atoms with van der Waals surface area (Å²) in [5, 5.41) is -1.17. The quantitative estimate of drug-likeness (QED) is 0.187. The maximum absolute atomic E-state index is 15.6. The average molecular weight is 441 g/mol. The normalized spacial score (nSPS) is 22.1. The standard InChI is InChI=1S/C24H32F4NP/c1-4-8-19-11-13-20(14-12-19)21-15-17-23(18-16-21)30(25,26,27,28)24(29(2)3)22-9-6-5-7-10-22/h5-7,9-10,15-20H,4,8,11-14H2,1-3H3. The Balaban J connectivity index is 1.94. The number of hydrogen-bond donors (Lipinski definition) is 0. The number of halogens is 4. The van der Waals surface area contributed by atoms with E-state index in [2.05, 4.69) is 6.92 Å². The van der Waals surface area contributed by atoms with Crippen LogP contribution in [0, 0.1) is 5.92 Å². The molecule has 2 aromatic carbocycles. The summed E-state index contributed by atoms with van der Waals surface area (Å²) in [5.74, 6) is 0.994. The van der Waals surface area contributed by atoms with E-state index in [4.69, 9.17) is 0 Å². The van der Waals surface area contributed by atoms with E-state index in [1.165, 1.54) is 63.3 Å². The van der Waals surface area contributed by atoms with E-state index in [-0.39, 0.29) is 11.5 Å². The summed E-state index contributed by atoms with van der Waals surface area (Å²) >= 11 is 0. The van der Waals surface area contributed by atoms with Crippen LogP contribution in [0.25, 0.3) is 0 Å². The van der Waals surface area contributed by atoms with E-state index in [1.54, 1.807) is 6.07 Å². The number of hydrogen-bond acceptors (Lipinski definition) is 0. The molecular weight excluding hydrogens is 409 g/mol. The molecule has 1 saturated carbocycles. The molecule has 3 rings (SSSR count). The Kier molecular flexibility index (Phi) is 5.92. The molecule has 1 nitrogen and oxygen atoms in total. The zero-order valence-corrected chi connectivity index (χ0v) is 18.9. The van der Waals surface area contributed by atoms with Crippen molar-refractivity contribution in [3.8, 4) is 0 Å². The van der Waals surface area contributed by atoms with Gasteiger partial charge >= 0.3 is 176 Å². The van der Waals surface area contributed by atoms with E-state index in [1.807, 2.05) is 0 Å². The van der Waals surface area contributed by atoms with Crippen LogP contribution in [-0.4, -0.2) is 24.1 Å². The Hall–Kier alpha value is -1.74. The van der Waals surface area contributed by atoms with Crippen molar-refractivity contribution < 1.29 is 21.4 Å². The van der Waals surface area contributed by atoms with E-state index in [0.29, 0.717) is 0 Å². The molecule has 1 aliphatic carbocycles. The van der Waals surface area contributed by atoms with E-state index in [0.717, 1.165) is 53.9 Å². The predicted octanol–water partition coefficient (Wildman–Crippen LogP) is 7.73. The molecule has 0 spiro atoms. The van der Waals surface area contributed by atoms with Crippen LogP contribution in [0.5, 0.6) is 0 Å². The first-order valence-corrected chi connectivity index (χ1v) is 13.0. The summed E-state index contributed by atoms with van der Waals surface area (Å²) in [4.78, 5) is 0. The van der Waals surface area contributed by atoms with E-state index >= 15 is 16.8 Å². The van der Waals surface area contributed by atoms with E-state index in [9.17, 15) is 0 Å². The Labute approximate surface area is 176 Å². The molecule has 166 valence electrons. The molecule has 1 aliphatic rings. The van der Waals surface area contributed by atoms with Crippen molar-refractivity contribution in [2.75, 3.05) is 14.1 Å². The van der Waals surface area contributed by atoms with Crippen molar-refractivity contribution in [3.05, 3.63) is 65.7 Å². The number of benzene rings is 2. The first kappa shape index (κ1) is 22.9. The summed E-state index contributed by atoms with van der Waals surface area (Å²) in [7, 11) is -6.50. The van der Waals surface area contributed by atoms with Gasteiger partial charge in [0.1, 0.15) is 0 Å². The molecule has 0 radical (unpaired) electrons. The van der Waals surface area contributed by atoms with Gasteiger partial charge in [-0.05, 0) is 0 Å². The number of rotatable bonds is 6. The molecule has 0 N–H and O–H groups in total. The molecule has 0 heterocycles. The molecule has 0 unspecified atom stereocenters. The van der Waals surface area contributed by atoms with Gasteiger partial charge in [0.2, 0.25) is 0 Å². The van der Waals surface area contributed by atoms with Crippen LogP contribution in [0.2, 0.25) is 0 Å². The van der Waals surface area contributed by atoms with Gasteiger partial charge in [-0.1, -0.05) is 0 Å². The monoisotopic (exact) mass is 441 g/mol. The van der Waals surface area contributed by atoms with Crippen molar-refractivity contribution in [3.63, 3.8) is 0 Å². The molecule has 0 bridgehead atoms. The molecule has 0 aliphatic heterocycles. The fraction of sp³-hybridized carbons (Fsp3) is 0.458. The van der Waals surface area contributed by atoms with Crippen LogP contribution >= 0.6 is 7.19 Å². The van der Waals surface area contributed by atoms with Gasteiger partial charge in [-0.25, -0.2) is 0 Å². The van der Waals surface area contributed by atoms with Crippen LogP contribution < -0.4 is 5.30 Å². The summed E-state index contributed by atoms with van der Waals surface area (Å²) in [6.07, 6.45) is 6.61. The Morgan fingerprint density at radius 1 is 0.867 bits per heavy atom. The zero-order chi connectivity index (χ0) is 22.1. The van der Waals surface area contributed by atoms with Crippen LogP contribution in [0.15, 0.2) is 54.6 Å². The van der Waals surface area contributed by atoms with Gasteiger partial charge < -0.3 is 0 Å². The third kappa shape index (κ3) is 4.46. The Morgan fingerprint density at radius 2 is 1.43 bits per heavy atom. The predicted molar refractivity (Wildman–Crippen MR) is 120 cm³/mol. The molecule has 0 aromatic heterocycles. The van der Waals surface area contributed by atoms with Crippen LogP contribution in [0.3, 0.4) is 0 Å². The van der Waals surface area contributed by atoms with E-state index < -0.39 is 17.9 Å². The van der Waals surface area contributed by atoms with Gasteiger partial charge in [-0.2, -0.15) is 0 Å². The van der Waals surface area contributed by atoms with Gasteiger partial charge in [-0.15, -0.1) is 0 Å².